The minimum Gasteiger partial charge on any atom is -0.378 e. The van der Waals surface area contributed by atoms with Crippen molar-refractivity contribution in [3.63, 3.8) is 0 Å². The molecule has 2 heterocycles. The molecule has 0 bridgehead atoms. The van der Waals surface area contributed by atoms with Crippen LogP contribution in [0.4, 0.5) is 5.00 Å². The molecule has 0 saturated carbocycles. The van der Waals surface area contributed by atoms with Gasteiger partial charge in [-0.05, 0) is 42.9 Å². The maximum absolute atomic E-state index is 13.2. The van der Waals surface area contributed by atoms with Crippen molar-refractivity contribution in [2.24, 2.45) is 0 Å². The van der Waals surface area contributed by atoms with Gasteiger partial charge in [-0.15, -0.1) is 11.3 Å². The van der Waals surface area contributed by atoms with Crippen LogP contribution in [0.1, 0.15) is 39.2 Å². The predicted molar refractivity (Wildman–Crippen MR) is 112 cm³/mol. The lowest BCUT2D eigenvalue weighted by Gasteiger charge is -2.27. The van der Waals surface area contributed by atoms with E-state index in [2.05, 4.69) is 5.32 Å². The number of hydrogen-bond donors (Lipinski definition) is 1. The molecular formula is C22H24N2O3S. The van der Waals surface area contributed by atoms with Crippen molar-refractivity contribution in [1.82, 2.24) is 4.90 Å². The first-order valence-corrected chi connectivity index (χ1v) is 10.6. The van der Waals surface area contributed by atoms with E-state index in [4.69, 9.17) is 4.74 Å². The number of nitrogens with zero attached hydrogens (tertiary/aromatic N) is 1. The number of carbonyl (C=O) groups is 2. The monoisotopic (exact) mass is 396 g/mol. The van der Waals surface area contributed by atoms with E-state index in [1.807, 2.05) is 35.2 Å². The molecule has 28 heavy (non-hydrogen) atoms. The van der Waals surface area contributed by atoms with Crippen molar-refractivity contribution < 1.29 is 14.3 Å². The lowest BCUT2D eigenvalue weighted by atomic mass is 9.95. The molecule has 4 rings (SSSR count). The summed E-state index contributed by atoms with van der Waals surface area (Å²) in [7, 11) is 0. The second kappa shape index (κ2) is 8.71. The first-order valence-electron chi connectivity index (χ1n) is 9.78. The molecule has 2 aliphatic rings. The number of nitrogens with one attached hydrogen (secondary N) is 1. The first kappa shape index (κ1) is 18.9. The molecule has 1 aliphatic carbocycles. The fourth-order valence-corrected chi connectivity index (χ4v) is 4.98. The number of aryl methyl sites for hydroxylation is 1. The van der Waals surface area contributed by atoms with Gasteiger partial charge in [0.1, 0.15) is 5.00 Å². The number of fused-ring (bicyclic) bond motifs is 1. The molecule has 1 saturated heterocycles. The summed E-state index contributed by atoms with van der Waals surface area (Å²) in [5, 5.41) is 3.66. The predicted octanol–water partition coefficient (Wildman–Crippen LogP) is 3.75. The van der Waals surface area contributed by atoms with E-state index in [9.17, 15) is 9.59 Å². The SMILES string of the molecule is O=C(/C=C/c1ccccc1)Nc1sc2c(c1C(=O)N1CCOCC1)CCCC2. The maximum atomic E-state index is 13.2. The minimum atomic E-state index is -0.210. The Labute approximate surface area is 169 Å². The summed E-state index contributed by atoms with van der Waals surface area (Å²) < 4.78 is 5.38. The average Bonchev–Trinajstić information content (AvgIpc) is 3.11. The summed E-state index contributed by atoms with van der Waals surface area (Å²) in [6.45, 7) is 2.34. The number of carbonyl (C=O) groups excluding carboxylic acids is 2. The third-order valence-corrected chi connectivity index (χ3v) is 6.35. The van der Waals surface area contributed by atoms with Crippen LogP contribution in [0.2, 0.25) is 0 Å². The number of anilines is 1. The fraction of sp³-hybridized carbons (Fsp3) is 0.364. The number of hydrogen-bond acceptors (Lipinski definition) is 4. The molecule has 146 valence electrons. The zero-order valence-electron chi connectivity index (χ0n) is 15.8. The molecule has 1 aliphatic heterocycles. The van der Waals surface area contributed by atoms with Crippen LogP contribution in [-0.2, 0) is 22.4 Å². The molecule has 2 aromatic rings. The molecule has 1 N–H and O–H groups in total. The van der Waals surface area contributed by atoms with Gasteiger partial charge in [-0.25, -0.2) is 0 Å². The Kier molecular flexibility index (Phi) is 5.88. The van der Waals surface area contributed by atoms with E-state index in [0.29, 0.717) is 36.9 Å². The lowest BCUT2D eigenvalue weighted by molar-refractivity contribution is -0.111. The van der Waals surface area contributed by atoms with Gasteiger partial charge in [0.05, 0.1) is 18.8 Å². The highest BCUT2D eigenvalue weighted by molar-refractivity contribution is 7.17. The minimum absolute atomic E-state index is 0.0186. The Hall–Kier alpha value is -2.44. The van der Waals surface area contributed by atoms with Crippen molar-refractivity contribution in [2.75, 3.05) is 31.6 Å². The topological polar surface area (TPSA) is 58.6 Å². The molecule has 1 aromatic heterocycles. The second-order valence-corrected chi connectivity index (χ2v) is 8.16. The Morgan fingerprint density at radius 2 is 1.82 bits per heavy atom. The molecule has 0 atom stereocenters. The van der Waals surface area contributed by atoms with Crippen LogP contribution >= 0.6 is 11.3 Å². The van der Waals surface area contributed by atoms with Gasteiger partial charge in [-0.2, -0.15) is 0 Å². The molecule has 1 aromatic carbocycles. The molecule has 6 heteroatoms. The molecule has 0 unspecified atom stereocenters. The second-order valence-electron chi connectivity index (χ2n) is 7.05. The Morgan fingerprint density at radius 1 is 1.07 bits per heavy atom. The van der Waals surface area contributed by atoms with Crippen molar-refractivity contribution >= 4 is 34.2 Å². The number of morpholine rings is 1. The number of thiophene rings is 1. The van der Waals surface area contributed by atoms with Crippen LogP contribution in [0.25, 0.3) is 6.08 Å². The summed E-state index contributed by atoms with van der Waals surface area (Å²) in [6, 6.07) is 9.70. The molecule has 1 fully saturated rings. The first-order chi connectivity index (χ1) is 13.7. The highest BCUT2D eigenvalue weighted by atomic mass is 32.1. The molecule has 5 nitrogen and oxygen atoms in total. The molecule has 0 spiro atoms. The van der Waals surface area contributed by atoms with E-state index in [1.54, 1.807) is 17.4 Å². The van der Waals surface area contributed by atoms with Crippen molar-refractivity contribution in [2.45, 2.75) is 25.7 Å². The van der Waals surface area contributed by atoms with Crippen LogP contribution in [0.5, 0.6) is 0 Å². The zero-order valence-corrected chi connectivity index (χ0v) is 16.6. The van der Waals surface area contributed by atoms with Crippen molar-refractivity contribution in [1.29, 1.82) is 0 Å². The summed E-state index contributed by atoms with van der Waals surface area (Å²) in [6.07, 6.45) is 7.43. The van der Waals surface area contributed by atoms with Gasteiger partial charge in [-0.3, -0.25) is 9.59 Å². The summed E-state index contributed by atoms with van der Waals surface area (Å²) in [5.74, 6) is -0.191. The van der Waals surface area contributed by atoms with Crippen LogP contribution < -0.4 is 5.32 Å². The van der Waals surface area contributed by atoms with Crippen LogP contribution in [0.3, 0.4) is 0 Å². The molecule has 2 amide bonds. The van der Waals surface area contributed by atoms with Gasteiger partial charge in [-0.1, -0.05) is 30.3 Å². The van der Waals surface area contributed by atoms with Crippen LogP contribution in [0, 0.1) is 0 Å². The van der Waals surface area contributed by atoms with Crippen LogP contribution in [-0.4, -0.2) is 43.0 Å². The van der Waals surface area contributed by atoms with Crippen LogP contribution in [0.15, 0.2) is 36.4 Å². The van der Waals surface area contributed by atoms with Gasteiger partial charge < -0.3 is 15.0 Å². The number of benzene rings is 1. The van der Waals surface area contributed by atoms with E-state index in [1.165, 1.54) is 11.0 Å². The number of amides is 2. The smallest absolute Gasteiger partial charge is 0.257 e. The highest BCUT2D eigenvalue weighted by Crippen LogP contribution is 2.39. The quantitative estimate of drug-likeness (QED) is 0.801. The summed E-state index contributed by atoms with van der Waals surface area (Å²) >= 11 is 1.56. The van der Waals surface area contributed by atoms with Gasteiger partial charge in [0, 0.05) is 24.0 Å². The summed E-state index contributed by atoms with van der Waals surface area (Å²) in [5.41, 5.74) is 2.80. The number of ether oxygens (including phenoxy) is 1. The number of rotatable bonds is 4. The van der Waals surface area contributed by atoms with E-state index in [0.717, 1.165) is 36.8 Å². The Bertz CT molecular complexity index is 883. The van der Waals surface area contributed by atoms with E-state index < -0.39 is 0 Å². The van der Waals surface area contributed by atoms with E-state index in [-0.39, 0.29) is 11.8 Å². The van der Waals surface area contributed by atoms with Gasteiger partial charge in [0.15, 0.2) is 0 Å². The normalized spacial score (nSPS) is 16.8. The third-order valence-electron chi connectivity index (χ3n) is 5.15. The lowest BCUT2D eigenvalue weighted by Crippen LogP contribution is -2.41. The Morgan fingerprint density at radius 3 is 2.61 bits per heavy atom. The molecular weight excluding hydrogens is 372 g/mol. The maximum Gasteiger partial charge on any atom is 0.257 e. The zero-order chi connectivity index (χ0) is 19.3. The fourth-order valence-electron chi connectivity index (χ4n) is 3.69. The van der Waals surface area contributed by atoms with E-state index >= 15 is 0 Å². The Balaban J connectivity index is 1.57. The standard InChI is InChI=1S/C22H24N2O3S/c25-19(11-10-16-6-2-1-3-7-16)23-21-20(17-8-4-5-9-18(17)28-21)22(26)24-12-14-27-15-13-24/h1-3,6-7,10-11H,4-5,8-9,12-15H2,(H,23,25)/b11-10+. The molecule has 0 radical (unpaired) electrons. The highest BCUT2D eigenvalue weighted by Gasteiger charge is 2.29. The largest absolute Gasteiger partial charge is 0.378 e. The third kappa shape index (κ3) is 4.18. The van der Waals surface area contributed by atoms with Crippen molar-refractivity contribution in [3.8, 4) is 0 Å². The van der Waals surface area contributed by atoms with Gasteiger partial charge in [0.25, 0.3) is 5.91 Å². The average molecular weight is 397 g/mol. The summed E-state index contributed by atoms with van der Waals surface area (Å²) in [4.78, 5) is 28.8. The van der Waals surface area contributed by atoms with Crippen molar-refractivity contribution in [3.05, 3.63) is 58.0 Å². The van der Waals surface area contributed by atoms with Gasteiger partial charge in [0.2, 0.25) is 5.91 Å². The van der Waals surface area contributed by atoms with Gasteiger partial charge >= 0.3 is 0 Å².